The van der Waals surface area contributed by atoms with E-state index >= 15 is 0 Å². The second-order valence-electron chi connectivity index (χ2n) is 2.88. The maximum Gasteiger partial charge on any atom is 0.146 e. The van der Waals surface area contributed by atoms with Crippen LogP contribution in [-0.2, 0) is 13.6 Å². The molecule has 2 N–H and O–H groups in total. The maximum atomic E-state index is 5.41. The summed E-state index contributed by atoms with van der Waals surface area (Å²) in [4.78, 5) is 2.12. The van der Waals surface area contributed by atoms with Crippen LogP contribution >= 0.6 is 0 Å². The minimum absolute atomic E-state index is 0.675. The van der Waals surface area contributed by atoms with E-state index in [1.165, 1.54) is 0 Å². The van der Waals surface area contributed by atoms with Gasteiger partial charge < -0.3 is 10.3 Å². The highest BCUT2D eigenvalue weighted by atomic mass is 15.3. The van der Waals surface area contributed by atoms with Crippen molar-refractivity contribution in [3.8, 4) is 0 Å². The summed E-state index contributed by atoms with van der Waals surface area (Å²) in [6.45, 7) is 2.36. The number of likely N-dealkylation sites (N-methyl/N-ethyl adjacent to an activating group) is 1. The highest BCUT2D eigenvalue weighted by Crippen LogP contribution is 1.95. The molecule has 1 heterocycles. The van der Waals surface area contributed by atoms with Gasteiger partial charge in [0.15, 0.2) is 0 Å². The van der Waals surface area contributed by atoms with Gasteiger partial charge in [0.1, 0.15) is 12.2 Å². The fourth-order valence-electron chi connectivity index (χ4n) is 0.991. The molecule has 0 spiro atoms. The average Bonchev–Trinajstić information content (AvgIpc) is 2.37. The lowest BCUT2D eigenvalue weighted by Gasteiger charge is -2.13. The summed E-state index contributed by atoms with van der Waals surface area (Å²) in [7, 11) is 3.95. The standard InChI is InChI=1S/C7H15N5/c1-11(4-3-8)5-7-10-9-6-12(7)2/h6H,3-5,8H2,1-2H3. The van der Waals surface area contributed by atoms with Crippen molar-refractivity contribution in [2.45, 2.75) is 6.54 Å². The van der Waals surface area contributed by atoms with Crippen molar-refractivity contribution in [2.24, 2.45) is 12.8 Å². The number of nitrogens with two attached hydrogens (primary N) is 1. The zero-order valence-electron chi connectivity index (χ0n) is 7.56. The van der Waals surface area contributed by atoms with Crippen LogP contribution in [0.3, 0.4) is 0 Å². The number of nitrogens with zero attached hydrogens (tertiary/aromatic N) is 4. The Labute approximate surface area is 72.2 Å². The van der Waals surface area contributed by atoms with Crippen LogP contribution in [0.2, 0.25) is 0 Å². The van der Waals surface area contributed by atoms with Crippen molar-refractivity contribution >= 4 is 0 Å². The van der Waals surface area contributed by atoms with Gasteiger partial charge in [0, 0.05) is 20.1 Å². The normalized spacial score (nSPS) is 11.0. The van der Waals surface area contributed by atoms with Crippen LogP contribution in [-0.4, -0.2) is 39.8 Å². The average molecular weight is 169 g/mol. The van der Waals surface area contributed by atoms with Crippen molar-refractivity contribution in [3.63, 3.8) is 0 Å². The summed E-state index contributed by atoms with van der Waals surface area (Å²) >= 11 is 0. The predicted molar refractivity (Wildman–Crippen MR) is 46.4 cm³/mol. The van der Waals surface area contributed by atoms with Crippen molar-refractivity contribution in [2.75, 3.05) is 20.1 Å². The summed E-state index contributed by atoms with van der Waals surface area (Å²) in [6, 6.07) is 0. The Balaban J connectivity index is 2.46. The Morgan fingerprint density at radius 3 is 2.92 bits per heavy atom. The molecule has 12 heavy (non-hydrogen) atoms. The predicted octanol–water partition coefficient (Wildman–Crippen LogP) is -0.794. The van der Waals surface area contributed by atoms with Gasteiger partial charge in [-0.25, -0.2) is 0 Å². The van der Waals surface area contributed by atoms with Crippen LogP contribution in [0.4, 0.5) is 0 Å². The smallest absolute Gasteiger partial charge is 0.146 e. The van der Waals surface area contributed by atoms with Crippen molar-refractivity contribution < 1.29 is 0 Å². The van der Waals surface area contributed by atoms with Gasteiger partial charge in [0.2, 0.25) is 0 Å². The van der Waals surface area contributed by atoms with Gasteiger partial charge >= 0.3 is 0 Å². The van der Waals surface area contributed by atoms with Crippen LogP contribution in [0.25, 0.3) is 0 Å². The molecular weight excluding hydrogens is 154 g/mol. The summed E-state index contributed by atoms with van der Waals surface area (Å²) in [5.41, 5.74) is 5.41. The minimum atomic E-state index is 0.675. The fraction of sp³-hybridized carbons (Fsp3) is 0.714. The van der Waals surface area contributed by atoms with E-state index in [1.807, 2.05) is 18.7 Å². The van der Waals surface area contributed by atoms with Crippen LogP contribution < -0.4 is 5.73 Å². The molecule has 0 aliphatic rings. The number of aromatic nitrogens is 3. The summed E-state index contributed by atoms with van der Waals surface area (Å²) in [5, 5.41) is 7.76. The van der Waals surface area contributed by atoms with E-state index in [0.29, 0.717) is 6.54 Å². The molecule has 68 valence electrons. The van der Waals surface area contributed by atoms with Gasteiger partial charge in [0.05, 0.1) is 6.54 Å². The molecule has 1 aromatic rings. The van der Waals surface area contributed by atoms with E-state index in [0.717, 1.165) is 18.9 Å². The second kappa shape index (κ2) is 4.18. The molecule has 1 rings (SSSR count). The van der Waals surface area contributed by atoms with E-state index in [1.54, 1.807) is 6.33 Å². The van der Waals surface area contributed by atoms with Gasteiger partial charge in [-0.15, -0.1) is 10.2 Å². The first-order valence-corrected chi connectivity index (χ1v) is 3.95. The number of hydrogen-bond acceptors (Lipinski definition) is 4. The lowest BCUT2D eigenvalue weighted by Crippen LogP contribution is -2.26. The molecule has 0 bridgehead atoms. The first-order valence-electron chi connectivity index (χ1n) is 3.95. The fourth-order valence-corrected chi connectivity index (χ4v) is 0.991. The quantitative estimate of drug-likeness (QED) is 0.641. The summed E-state index contributed by atoms with van der Waals surface area (Å²) < 4.78 is 1.91. The Hall–Kier alpha value is -0.940. The van der Waals surface area contributed by atoms with Gasteiger partial charge in [-0.3, -0.25) is 4.90 Å². The molecule has 0 amide bonds. The van der Waals surface area contributed by atoms with E-state index < -0.39 is 0 Å². The van der Waals surface area contributed by atoms with Gasteiger partial charge in [0.25, 0.3) is 0 Å². The Kier molecular flexibility index (Phi) is 3.19. The van der Waals surface area contributed by atoms with Crippen molar-refractivity contribution in [3.05, 3.63) is 12.2 Å². The van der Waals surface area contributed by atoms with Crippen molar-refractivity contribution in [1.82, 2.24) is 19.7 Å². The molecule has 0 fully saturated rings. The van der Waals surface area contributed by atoms with Crippen molar-refractivity contribution in [1.29, 1.82) is 0 Å². The second-order valence-corrected chi connectivity index (χ2v) is 2.88. The van der Waals surface area contributed by atoms with Crippen LogP contribution in [0, 0.1) is 0 Å². The maximum absolute atomic E-state index is 5.41. The number of aryl methyl sites for hydroxylation is 1. The first-order chi connectivity index (χ1) is 5.74. The minimum Gasteiger partial charge on any atom is -0.329 e. The Morgan fingerprint density at radius 1 is 1.67 bits per heavy atom. The first kappa shape index (κ1) is 9.15. The molecule has 0 unspecified atom stereocenters. The lowest BCUT2D eigenvalue weighted by atomic mass is 10.5. The summed E-state index contributed by atoms with van der Waals surface area (Å²) in [6.07, 6.45) is 1.70. The zero-order chi connectivity index (χ0) is 8.97. The zero-order valence-corrected chi connectivity index (χ0v) is 7.56. The molecular formula is C7H15N5. The highest BCUT2D eigenvalue weighted by molar-refractivity contribution is 4.83. The molecule has 0 aromatic carbocycles. The van der Waals surface area contributed by atoms with Crippen LogP contribution in [0.1, 0.15) is 5.82 Å². The molecule has 0 atom stereocenters. The Morgan fingerprint density at radius 2 is 2.42 bits per heavy atom. The molecule has 1 aromatic heterocycles. The SMILES string of the molecule is CN(CCN)Cc1nncn1C. The monoisotopic (exact) mass is 169 g/mol. The molecule has 5 nitrogen and oxygen atoms in total. The molecule has 0 aliphatic heterocycles. The van der Waals surface area contributed by atoms with Crippen LogP contribution in [0.5, 0.6) is 0 Å². The molecule has 0 aliphatic carbocycles. The third-order valence-corrected chi connectivity index (χ3v) is 1.73. The number of rotatable bonds is 4. The Bertz CT molecular complexity index is 231. The molecule has 5 heteroatoms. The highest BCUT2D eigenvalue weighted by Gasteiger charge is 2.03. The molecule has 0 saturated carbocycles. The lowest BCUT2D eigenvalue weighted by molar-refractivity contribution is 0.323. The molecule has 0 saturated heterocycles. The topological polar surface area (TPSA) is 60.0 Å². The van der Waals surface area contributed by atoms with E-state index in [-0.39, 0.29) is 0 Å². The third kappa shape index (κ3) is 2.28. The number of hydrogen-bond donors (Lipinski definition) is 1. The van der Waals surface area contributed by atoms with Gasteiger partial charge in [-0.05, 0) is 7.05 Å². The van der Waals surface area contributed by atoms with Crippen LogP contribution in [0.15, 0.2) is 6.33 Å². The van der Waals surface area contributed by atoms with Gasteiger partial charge in [-0.2, -0.15) is 0 Å². The molecule has 0 radical (unpaired) electrons. The van der Waals surface area contributed by atoms with E-state index in [2.05, 4.69) is 15.1 Å². The largest absolute Gasteiger partial charge is 0.329 e. The van der Waals surface area contributed by atoms with E-state index in [9.17, 15) is 0 Å². The van der Waals surface area contributed by atoms with E-state index in [4.69, 9.17) is 5.73 Å². The third-order valence-electron chi connectivity index (χ3n) is 1.73. The van der Waals surface area contributed by atoms with Gasteiger partial charge in [-0.1, -0.05) is 0 Å². The summed E-state index contributed by atoms with van der Waals surface area (Å²) in [5.74, 6) is 0.964.